The van der Waals surface area contributed by atoms with Crippen molar-refractivity contribution in [3.05, 3.63) is 100 Å². The van der Waals surface area contributed by atoms with Gasteiger partial charge in [-0.25, -0.2) is 0 Å². The third-order valence-corrected chi connectivity index (χ3v) is 10.0. The van der Waals surface area contributed by atoms with Gasteiger partial charge >= 0.3 is 0 Å². The molecule has 212 valence electrons. The Balaban J connectivity index is 1.41. The van der Waals surface area contributed by atoms with Crippen molar-refractivity contribution in [2.24, 2.45) is 29.1 Å². The first-order chi connectivity index (χ1) is 19.0. The number of aryl methyl sites for hydroxylation is 2. The lowest BCUT2D eigenvalue weighted by Gasteiger charge is -2.33. The van der Waals surface area contributed by atoms with E-state index < -0.39 is 0 Å². The molecule has 0 spiro atoms. The van der Waals surface area contributed by atoms with Crippen LogP contribution in [-0.4, -0.2) is 0 Å². The third kappa shape index (κ3) is 6.17. The molecule has 2 aromatic carbocycles. The maximum absolute atomic E-state index is 4.63. The zero-order chi connectivity index (χ0) is 28.6. The fourth-order valence-corrected chi connectivity index (χ4v) is 8.08. The summed E-state index contributed by atoms with van der Waals surface area (Å²) in [6.45, 7) is 23.1. The smallest absolute Gasteiger partial charge is 0.00827 e. The number of rotatable bonds is 8. The van der Waals surface area contributed by atoms with Crippen molar-refractivity contribution in [1.29, 1.82) is 0 Å². The van der Waals surface area contributed by atoms with Gasteiger partial charge in [0.15, 0.2) is 0 Å². The molecular formula is C40H52. The van der Waals surface area contributed by atoms with Crippen LogP contribution in [0.15, 0.2) is 72.4 Å². The van der Waals surface area contributed by atoms with Crippen LogP contribution in [0.25, 0.3) is 17.2 Å². The normalized spacial score (nSPS) is 24.5. The predicted molar refractivity (Wildman–Crippen MR) is 176 cm³/mol. The Morgan fingerprint density at radius 1 is 0.950 bits per heavy atom. The van der Waals surface area contributed by atoms with Gasteiger partial charge in [0.1, 0.15) is 0 Å². The van der Waals surface area contributed by atoms with Crippen LogP contribution in [0.1, 0.15) is 100 Å². The summed E-state index contributed by atoms with van der Waals surface area (Å²) < 4.78 is 0. The average Bonchev–Trinajstić information content (AvgIpc) is 3.50. The fourth-order valence-electron chi connectivity index (χ4n) is 8.08. The molecule has 5 rings (SSSR count). The minimum absolute atomic E-state index is 0.289. The van der Waals surface area contributed by atoms with Crippen molar-refractivity contribution in [3.63, 3.8) is 0 Å². The van der Waals surface area contributed by atoms with Crippen molar-refractivity contribution < 1.29 is 0 Å². The van der Waals surface area contributed by atoms with Gasteiger partial charge in [-0.2, -0.15) is 0 Å². The van der Waals surface area contributed by atoms with Gasteiger partial charge in [0.2, 0.25) is 0 Å². The van der Waals surface area contributed by atoms with Crippen LogP contribution in [0.2, 0.25) is 0 Å². The van der Waals surface area contributed by atoms with Gasteiger partial charge in [-0.05, 0) is 108 Å². The van der Waals surface area contributed by atoms with Gasteiger partial charge in [-0.3, -0.25) is 0 Å². The first-order valence-corrected chi connectivity index (χ1v) is 16.0. The Kier molecular flexibility index (Phi) is 8.47. The highest BCUT2D eigenvalue weighted by atomic mass is 14.4. The molecule has 0 radical (unpaired) electrons. The van der Waals surface area contributed by atoms with Crippen LogP contribution >= 0.6 is 0 Å². The molecule has 0 aliphatic heterocycles. The molecule has 2 aromatic rings. The van der Waals surface area contributed by atoms with Crippen molar-refractivity contribution in [2.75, 3.05) is 0 Å². The van der Waals surface area contributed by atoms with Gasteiger partial charge in [0.25, 0.3) is 0 Å². The second-order valence-electron chi connectivity index (χ2n) is 14.5. The number of fused-ring (bicyclic) bond motifs is 1. The molecule has 1 saturated carbocycles. The molecule has 0 N–H and O–H groups in total. The summed E-state index contributed by atoms with van der Waals surface area (Å²) in [5, 5.41) is 0. The van der Waals surface area contributed by atoms with E-state index in [1.165, 1.54) is 88.6 Å². The van der Waals surface area contributed by atoms with Crippen LogP contribution < -0.4 is 0 Å². The van der Waals surface area contributed by atoms with E-state index in [1.807, 2.05) is 0 Å². The van der Waals surface area contributed by atoms with Crippen LogP contribution in [-0.2, 0) is 12.8 Å². The summed E-state index contributed by atoms with van der Waals surface area (Å²) in [6, 6.07) is 11.9. The number of allylic oxidation sites excluding steroid dienone is 5. The summed E-state index contributed by atoms with van der Waals surface area (Å²) in [7, 11) is 0. The molecule has 4 atom stereocenters. The van der Waals surface area contributed by atoms with E-state index in [1.54, 1.807) is 5.56 Å². The lowest BCUT2D eigenvalue weighted by molar-refractivity contribution is 0.334. The van der Waals surface area contributed by atoms with E-state index >= 15 is 0 Å². The molecule has 0 heterocycles. The summed E-state index contributed by atoms with van der Waals surface area (Å²) in [6.07, 6.45) is 18.5. The van der Waals surface area contributed by atoms with Crippen LogP contribution in [0.4, 0.5) is 0 Å². The Bertz CT molecular complexity index is 1340. The van der Waals surface area contributed by atoms with E-state index in [0.717, 1.165) is 31.1 Å². The lowest BCUT2D eigenvalue weighted by Crippen LogP contribution is -2.21. The minimum atomic E-state index is 0.289. The van der Waals surface area contributed by atoms with Crippen LogP contribution in [0.5, 0.6) is 0 Å². The van der Waals surface area contributed by atoms with Gasteiger partial charge in [0, 0.05) is 5.92 Å². The van der Waals surface area contributed by atoms with Crippen molar-refractivity contribution >= 4 is 6.08 Å². The fraction of sp³-hybridized carbons (Fsp3) is 0.500. The Hall–Kier alpha value is -2.60. The van der Waals surface area contributed by atoms with Crippen molar-refractivity contribution in [2.45, 2.75) is 99.3 Å². The summed E-state index contributed by atoms with van der Waals surface area (Å²) in [5.74, 6) is 2.53. The average molecular weight is 533 g/mol. The van der Waals surface area contributed by atoms with Gasteiger partial charge in [0.05, 0.1) is 0 Å². The maximum atomic E-state index is 4.63. The number of benzene rings is 2. The van der Waals surface area contributed by atoms with Gasteiger partial charge in [-0.15, -0.1) is 0 Å². The van der Waals surface area contributed by atoms with E-state index in [2.05, 4.69) is 103 Å². The van der Waals surface area contributed by atoms with Gasteiger partial charge in [-0.1, -0.05) is 132 Å². The quantitative estimate of drug-likeness (QED) is 0.297. The molecule has 0 bridgehead atoms. The summed E-state index contributed by atoms with van der Waals surface area (Å²) in [4.78, 5) is 0. The highest BCUT2D eigenvalue weighted by Crippen LogP contribution is 2.45. The second-order valence-corrected chi connectivity index (χ2v) is 14.5. The summed E-state index contributed by atoms with van der Waals surface area (Å²) >= 11 is 0. The largest absolute Gasteiger partial charge is 0.0986 e. The zero-order valence-electron chi connectivity index (χ0n) is 26.2. The predicted octanol–water partition coefficient (Wildman–Crippen LogP) is 11.4. The minimum Gasteiger partial charge on any atom is -0.0986 e. The van der Waals surface area contributed by atoms with Crippen molar-refractivity contribution in [1.82, 2.24) is 0 Å². The SMILES string of the molecule is C=C1C=CC(CC(C)(C)C)C(=C)C1CC1=Cc2cccc(-c3cc(C)cc(C)c3C[C@@H]3CCC[C@@H]3CCC)c2C1. The Labute approximate surface area is 245 Å². The highest BCUT2D eigenvalue weighted by Gasteiger charge is 2.31. The second kappa shape index (κ2) is 11.7. The molecule has 0 aromatic heterocycles. The molecule has 40 heavy (non-hydrogen) atoms. The van der Waals surface area contributed by atoms with E-state index in [9.17, 15) is 0 Å². The molecule has 0 amide bonds. The zero-order valence-corrected chi connectivity index (χ0v) is 26.2. The van der Waals surface area contributed by atoms with Crippen LogP contribution in [0, 0.1) is 42.9 Å². The maximum Gasteiger partial charge on any atom is 0.00827 e. The molecule has 3 aliphatic rings. The molecule has 0 saturated heterocycles. The highest BCUT2D eigenvalue weighted by molar-refractivity contribution is 5.80. The van der Waals surface area contributed by atoms with E-state index in [0.29, 0.717) is 11.8 Å². The molecule has 3 aliphatic carbocycles. The lowest BCUT2D eigenvalue weighted by atomic mass is 9.71. The van der Waals surface area contributed by atoms with E-state index in [-0.39, 0.29) is 5.41 Å². The van der Waals surface area contributed by atoms with E-state index in [4.69, 9.17) is 0 Å². The topological polar surface area (TPSA) is 0 Å². The molecule has 0 heteroatoms. The third-order valence-electron chi connectivity index (χ3n) is 10.0. The molecule has 1 fully saturated rings. The molecule has 2 unspecified atom stereocenters. The van der Waals surface area contributed by atoms with Crippen LogP contribution in [0.3, 0.4) is 0 Å². The van der Waals surface area contributed by atoms with Gasteiger partial charge < -0.3 is 0 Å². The Morgan fingerprint density at radius 3 is 2.48 bits per heavy atom. The standard InChI is InChI=1S/C40H52/c1-9-12-31-13-10-14-32(31)24-37-28(4)19-26(2)20-39(37)35-16-11-15-33-21-30(23-38(33)35)22-36-27(3)17-18-34(29(36)5)25-40(6,7)8/h11,15-21,31-32,34,36H,3,5,9-10,12-14,22-25H2,1-2,4,6-8H3/t31-,32-,34?,36?/m0/s1. The first kappa shape index (κ1) is 28.9. The number of hydrogen-bond donors (Lipinski definition) is 0. The Morgan fingerprint density at radius 2 is 1.73 bits per heavy atom. The number of hydrogen-bond acceptors (Lipinski definition) is 0. The first-order valence-electron chi connectivity index (χ1n) is 16.0. The van der Waals surface area contributed by atoms with Crippen molar-refractivity contribution in [3.8, 4) is 11.1 Å². The molecule has 0 nitrogen and oxygen atoms in total. The monoisotopic (exact) mass is 532 g/mol. The molecular weight excluding hydrogens is 480 g/mol. The summed E-state index contributed by atoms with van der Waals surface area (Å²) in [5.41, 5.74) is 14.7.